The molecule has 0 fully saturated rings. The predicted octanol–water partition coefficient (Wildman–Crippen LogP) is 1.80. The van der Waals surface area contributed by atoms with Gasteiger partial charge in [0.1, 0.15) is 11.4 Å². The Balaban J connectivity index is 2.54. The van der Waals surface area contributed by atoms with Crippen LogP contribution in [0.15, 0.2) is 36.4 Å². The lowest BCUT2D eigenvalue weighted by atomic mass is 9.97. The normalized spacial score (nSPS) is 12.2. The van der Waals surface area contributed by atoms with Crippen LogP contribution in [-0.4, -0.2) is 46.6 Å². The first-order valence-electron chi connectivity index (χ1n) is 8.19. The minimum absolute atomic E-state index is 0.0105. The summed E-state index contributed by atoms with van der Waals surface area (Å²) in [7, 11) is 0. The van der Waals surface area contributed by atoms with E-state index in [9.17, 15) is 24.6 Å². The number of hydrogen-bond donors (Lipinski definition) is 3. The van der Waals surface area contributed by atoms with Gasteiger partial charge in [-0.2, -0.15) is 0 Å². The van der Waals surface area contributed by atoms with Gasteiger partial charge in [-0.15, -0.1) is 0 Å². The van der Waals surface area contributed by atoms with E-state index in [1.807, 2.05) is 0 Å². The third-order valence-electron chi connectivity index (χ3n) is 3.65. The summed E-state index contributed by atoms with van der Waals surface area (Å²) in [4.78, 5) is 34.6. The van der Waals surface area contributed by atoms with Crippen LogP contribution in [0.3, 0.4) is 0 Å². The zero-order valence-corrected chi connectivity index (χ0v) is 15.2. The van der Waals surface area contributed by atoms with Crippen molar-refractivity contribution in [3.63, 3.8) is 0 Å². The number of carbonyl (C=O) groups excluding carboxylic acids is 2. The van der Waals surface area contributed by atoms with Crippen LogP contribution in [-0.2, 0) is 9.59 Å². The van der Waals surface area contributed by atoms with Crippen LogP contribution < -0.4 is 10.1 Å². The molecule has 7 nitrogen and oxygen atoms in total. The maximum Gasteiger partial charge on any atom is 0.308 e. The maximum atomic E-state index is 11.9. The molecule has 0 saturated carbocycles. The average Bonchev–Trinajstić information content (AvgIpc) is 2.56. The van der Waals surface area contributed by atoms with Gasteiger partial charge in [-0.1, -0.05) is 6.58 Å². The lowest BCUT2D eigenvalue weighted by Gasteiger charge is -2.16. The van der Waals surface area contributed by atoms with Crippen molar-refractivity contribution in [2.24, 2.45) is 5.92 Å². The second-order valence-electron chi connectivity index (χ2n) is 6.58. The molecular formula is C19H25NO6. The van der Waals surface area contributed by atoms with E-state index < -0.39 is 23.3 Å². The number of carboxylic acid groups (broad SMARTS) is 1. The third kappa shape index (κ3) is 6.68. The van der Waals surface area contributed by atoms with Crippen LogP contribution in [0.2, 0.25) is 0 Å². The molecule has 0 heterocycles. The van der Waals surface area contributed by atoms with E-state index in [-0.39, 0.29) is 25.5 Å². The largest absolute Gasteiger partial charge is 0.494 e. The summed E-state index contributed by atoms with van der Waals surface area (Å²) < 4.78 is 5.49. The van der Waals surface area contributed by atoms with Crippen LogP contribution in [0.5, 0.6) is 5.75 Å². The van der Waals surface area contributed by atoms with E-state index in [1.165, 1.54) is 26.0 Å². The van der Waals surface area contributed by atoms with Crippen molar-refractivity contribution in [3.05, 3.63) is 42.0 Å². The van der Waals surface area contributed by atoms with Gasteiger partial charge in [0, 0.05) is 17.7 Å². The fourth-order valence-corrected chi connectivity index (χ4v) is 2.05. The van der Waals surface area contributed by atoms with Crippen molar-refractivity contribution in [1.82, 2.24) is 5.32 Å². The SMILES string of the molecule is C=C(C)C(=O)NCC(CCOc1ccc(C(=O)C(C)(C)O)cc1)C(=O)O. The smallest absolute Gasteiger partial charge is 0.308 e. The Morgan fingerprint density at radius 1 is 1.23 bits per heavy atom. The topological polar surface area (TPSA) is 113 Å². The third-order valence-corrected chi connectivity index (χ3v) is 3.65. The number of rotatable bonds is 10. The van der Waals surface area contributed by atoms with Crippen molar-refractivity contribution in [2.45, 2.75) is 32.8 Å². The number of Topliss-reactive ketones (excluding diaryl/α,β-unsaturated/α-hetero) is 1. The maximum absolute atomic E-state index is 11.9. The van der Waals surface area contributed by atoms with Crippen molar-refractivity contribution >= 4 is 17.7 Å². The number of benzene rings is 1. The highest BCUT2D eigenvalue weighted by Gasteiger charge is 2.25. The van der Waals surface area contributed by atoms with Crippen LogP contribution >= 0.6 is 0 Å². The quantitative estimate of drug-likeness (QED) is 0.432. The Morgan fingerprint density at radius 2 is 1.81 bits per heavy atom. The zero-order valence-electron chi connectivity index (χ0n) is 15.2. The molecule has 1 rings (SSSR count). The highest BCUT2D eigenvalue weighted by atomic mass is 16.5. The molecule has 0 bridgehead atoms. The Bertz CT molecular complexity index is 672. The molecule has 0 spiro atoms. The van der Waals surface area contributed by atoms with Gasteiger partial charge in [-0.25, -0.2) is 0 Å². The molecule has 1 aromatic carbocycles. The fourth-order valence-electron chi connectivity index (χ4n) is 2.05. The summed E-state index contributed by atoms with van der Waals surface area (Å²) in [5, 5.41) is 21.4. The first-order chi connectivity index (χ1) is 12.0. The first kappa shape index (κ1) is 21.4. The standard InChI is InChI=1S/C19H25NO6/c1-12(2)17(22)20-11-14(18(23)24)9-10-26-15-7-5-13(6-8-15)16(21)19(3,4)25/h5-8,14,25H,1,9-11H2,2-4H3,(H,20,22)(H,23,24). The van der Waals surface area contributed by atoms with Crippen LogP contribution in [0.4, 0.5) is 0 Å². The van der Waals surface area contributed by atoms with Gasteiger partial charge in [0.2, 0.25) is 5.91 Å². The molecule has 0 aliphatic rings. The number of hydrogen-bond acceptors (Lipinski definition) is 5. The molecule has 0 aromatic heterocycles. The van der Waals surface area contributed by atoms with Crippen LogP contribution in [0, 0.1) is 5.92 Å². The molecule has 0 saturated heterocycles. The molecule has 26 heavy (non-hydrogen) atoms. The van der Waals surface area contributed by atoms with E-state index in [2.05, 4.69) is 11.9 Å². The Hall–Kier alpha value is -2.67. The molecule has 3 N–H and O–H groups in total. The van der Waals surface area contributed by atoms with Crippen LogP contribution in [0.1, 0.15) is 37.6 Å². The van der Waals surface area contributed by atoms with Crippen molar-refractivity contribution < 1.29 is 29.3 Å². The molecular weight excluding hydrogens is 338 g/mol. The van der Waals surface area contributed by atoms with Crippen molar-refractivity contribution in [3.8, 4) is 5.75 Å². The number of nitrogens with one attached hydrogen (secondary N) is 1. The Kier molecular flexibility index (Phi) is 7.52. The minimum atomic E-state index is -1.45. The van der Waals surface area contributed by atoms with Crippen molar-refractivity contribution in [1.29, 1.82) is 0 Å². The van der Waals surface area contributed by atoms with Gasteiger partial charge in [0.15, 0.2) is 5.78 Å². The Labute approximate surface area is 152 Å². The van der Waals surface area contributed by atoms with Crippen LogP contribution in [0.25, 0.3) is 0 Å². The van der Waals surface area contributed by atoms with E-state index in [0.29, 0.717) is 16.9 Å². The molecule has 0 aliphatic carbocycles. The Morgan fingerprint density at radius 3 is 2.27 bits per heavy atom. The van der Waals surface area contributed by atoms with E-state index in [0.717, 1.165) is 0 Å². The minimum Gasteiger partial charge on any atom is -0.494 e. The van der Waals surface area contributed by atoms with Gasteiger partial charge in [-0.3, -0.25) is 14.4 Å². The summed E-state index contributed by atoms with van der Waals surface area (Å²) in [5.74, 6) is -2.11. The lowest BCUT2D eigenvalue weighted by Crippen LogP contribution is -2.34. The van der Waals surface area contributed by atoms with E-state index in [1.54, 1.807) is 19.1 Å². The molecule has 1 unspecified atom stereocenters. The van der Waals surface area contributed by atoms with Gasteiger partial charge in [0.05, 0.1) is 12.5 Å². The molecule has 1 atom stereocenters. The summed E-state index contributed by atoms with van der Waals surface area (Å²) in [6, 6.07) is 6.24. The average molecular weight is 363 g/mol. The summed E-state index contributed by atoms with van der Waals surface area (Å²) in [6.07, 6.45) is 0.205. The number of ether oxygens (including phenoxy) is 1. The van der Waals surface area contributed by atoms with Gasteiger partial charge in [0.25, 0.3) is 0 Å². The number of carbonyl (C=O) groups is 3. The van der Waals surface area contributed by atoms with Gasteiger partial charge in [-0.05, 0) is 51.5 Å². The van der Waals surface area contributed by atoms with Gasteiger partial charge < -0.3 is 20.3 Å². The number of amides is 1. The second kappa shape index (κ2) is 9.15. The molecule has 1 aromatic rings. The second-order valence-corrected chi connectivity index (χ2v) is 6.58. The van der Waals surface area contributed by atoms with E-state index >= 15 is 0 Å². The summed E-state index contributed by atoms with van der Waals surface area (Å²) >= 11 is 0. The monoisotopic (exact) mass is 363 g/mol. The fraction of sp³-hybridized carbons (Fsp3) is 0.421. The molecule has 7 heteroatoms. The number of aliphatic hydroxyl groups is 1. The van der Waals surface area contributed by atoms with E-state index in [4.69, 9.17) is 4.74 Å². The number of ketones is 1. The van der Waals surface area contributed by atoms with Crippen molar-refractivity contribution in [2.75, 3.05) is 13.2 Å². The molecule has 0 aliphatic heterocycles. The zero-order chi connectivity index (χ0) is 19.9. The number of aliphatic carboxylic acids is 1. The highest BCUT2D eigenvalue weighted by molar-refractivity contribution is 6.01. The summed E-state index contributed by atoms with van der Waals surface area (Å²) in [6.45, 7) is 7.99. The number of carboxylic acids is 1. The highest BCUT2D eigenvalue weighted by Crippen LogP contribution is 2.17. The molecule has 142 valence electrons. The summed E-state index contributed by atoms with van der Waals surface area (Å²) in [5.41, 5.74) is -0.785. The van der Waals surface area contributed by atoms with Gasteiger partial charge >= 0.3 is 5.97 Å². The first-order valence-corrected chi connectivity index (χ1v) is 8.19. The predicted molar refractivity (Wildman–Crippen MR) is 96.1 cm³/mol. The lowest BCUT2D eigenvalue weighted by molar-refractivity contribution is -0.142. The molecule has 0 radical (unpaired) electrons. The molecule has 1 amide bonds.